The predicted octanol–water partition coefficient (Wildman–Crippen LogP) is 10.9. The molecule has 0 spiro atoms. The van der Waals surface area contributed by atoms with Crippen molar-refractivity contribution >= 4 is 19.8 Å². The van der Waals surface area contributed by atoms with Crippen LogP contribution in [-0.2, 0) is 50.3 Å². The largest absolute Gasteiger partial charge is 0.756 e. The molecule has 3 unspecified atom stereocenters. The van der Waals surface area contributed by atoms with E-state index >= 15 is 0 Å². The summed E-state index contributed by atoms with van der Waals surface area (Å²) in [5, 5.41) is 0. The summed E-state index contributed by atoms with van der Waals surface area (Å²) in [5.41, 5.74) is 2.60. The molecule has 1 fully saturated rings. The highest BCUT2D eigenvalue weighted by molar-refractivity contribution is 7.45. The highest BCUT2D eigenvalue weighted by atomic mass is 31.2. The fourth-order valence-corrected chi connectivity index (χ4v) is 7.42. The molecule has 0 aromatic carbocycles. The van der Waals surface area contributed by atoms with Gasteiger partial charge < -0.3 is 37.1 Å². The van der Waals surface area contributed by atoms with Crippen LogP contribution in [0.4, 0.5) is 0 Å². The van der Waals surface area contributed by atoms with E-state index in [0.717, 1.165) is 82.1 Å². The van der Waals surface area contributed by atoms with Gasteiger partial charge in [-0.3, -0.25) is 14.2 Å². The SMILES string of the molecule is CCCCC/C=C\C/C=C\CC1OC1C/C=C\CCCC(=O)O[C@H](COC(=O)CCCCCCCCc1oc(CCCCC)c(C)c1C)COP(=O)([O-])OCC[N+](C)(C)C. The molecular weight excluding hydrogens is 781 g/mol. The number of allylic oxidation sites excluding steroid dienone is 4. The number of hydrogen-bond acceptors (Lipinski definition) is 10. The molecule has 60 heavy (non-hydrogen) atoms. The molecule has 0 amide bonds. The third kappa shape index (κ3) is 26.7. The number of furan rings is 1. The molecule has 4 atom stereocenters. The van der Waals surface area contributed by atoms with E-state index in [4.69, 9.17) is 27.7 Å². The number of quaternary nitrogens is 1. The number of aryl methyl sites for hydroxylation is 2. The van der Waals surface area contributed by atoms with E-state index in [0.29, 0.717) is 30.3 Å². The van der Waals surface area contributed by atoms with Gasteiger partial charge in [-0.2, -0.15) is 0 Å². The number of unbranched alkanes of at least 4 members (excludes halogenated alkanes) is 11. The number of phosphoric ester groups is 1. The second-order valence-electron chi connectivity index (χ2n) is 17.4. The van der Waals surface area contributed by atoms with Gasteiger partial charge in [-0.15, -0.1) is 0 Å². The van der Waals surface area contributed by atoms with Gasteiger partial charge in [0.15, 0.2) is 6.10 Å². The fraction of sp³-hybridized carbons (Fsp3) is 0.750. The average Bonchev–Trinajstić information content (AvgIpc) is 3.89. The summed E-state index contributed by atoms with van der Waals surface area (Å²) in [6, 6.07) is 0. The number of hydrogen-bond donors (Lipinski definition) is 0. The lowest BCUT2D eigenvalue weighted by Gasteiger charge is -2.28. The van der Waals surface area contributed by atoms with E-state index in [-0.39, 0.29) is 38.3 Å². The molecule has 0 aliphatic carbocycles. The minimum Gasteiger partial charge on any atom is -0.756 e. The normalized spacial score (nSPS) is 17.2. The van der Waals surface area contributed by atoms with Gasteiger partial charge in [-0.05, 0) is 89.2 Å². The number of nitrogens with zero attached hydrogens (tertiary/aromatic N) is 1. The zero-order chi connectivity index (χ0) is 44.1. The first-order chi connectivity index (χ1) is 28.7. The van der Waals surface area contributed by atoms with Crippen LogP contribution in [0.3, 0.4) is 0 Å². The molecule has 2 heterocycles. The van der Waals surface area contributed by atoms with Gasteiger partial charge in [0.05, 0.1) is 40.0 Å². The quantitative estimate of drug-likeness (QED) is 0.0159. The third-order valence-corrected chi connectivity index (χ3v) is 11.7. The molecule has 1 saturated heterocycles. The number of epoxide rings is 1. The van der Waals surface area contributed by atoms with Crippen molar-refractivity contribution in [2.75, 3.05) is 47.5 Å². The van der Waals surface area contributed by atoms with Crippen molar-refractivity contribution in [2.24, 2.45) is 0 Å². The highest BCUT2D eigenvalue weighted by Crippen LogP contribution is 2.38. The first kappa shape index (κ1) is 53.6. The van der Waals surface area contributed by atoms with Crippen molar-refractivity contribution in [2.45, 2.75) is 187 Å². The Balaban J connectivity index is 1.67. The van der Waals surface area contributed by atoms with E-state index in [2.05, 4.69) is 58.1 Å². The summed E-state index contributed by atoms with van der Waals surface area (Å²) < 4.78 is 46.0. The van der Waals surface area contributed by atoms with Gasteiger partial charge in [0.1, 0.15) is 31.3 Å². The van der Waals surface area contributed by atoms with Crippen molar-refractivity contribution in [3.63, 3.8) is 0 Å². The van der Waals surface area contributed by atoms with Crippen LogP contribution < -0.4 is 4.89 Å². The van der Waals surface area contributed by atoms with Crippen molar-refractivity contribution in [1.29, 1.82) is 0 Å². The maximum absolute atomic E-state index is 12.7. The third-order valence-electron chi connectivity index (χ3n) is 10.8. The number of likely N-dealkylation sites (N-methyl/N-ethyl adjacent to an activating group) is 1. The minimum atomic E-state index is -4.66. The summed E-state index contributed by atoms with van der Waals surface area (Å²) in [6.07, 6.45) is 33.2. The number of carbonyl (C=O) groups excluding carboxylic acids is 2. The van der Waals surface area contributed by atoms with Crippen LogP contribution in [0.1, 0.15) is 165 Å². The number of rotatable bonds is 37. The number of ether oxygens (including phenoxy) is 3. The molecule has 0 N–H and O–H groups in total. The molecule has 0 bridgehead atoms. The van der Waals surface area contributed by atoms with E-state index in [1.807, 2.05) is 27.2 Å². The minimum absolute atomic E-state index is 0.0533. The second kappa shape index (κ2) is 31.3. The second-order valence-corrected chi connectivity index (χ2v) is 18.8. The molecule has 1 aliphatic heterocycles. The molecule has 12 heteroatoms. The lowest BCUT2D eigenvalue weighted by atomic mass is 10.0. The van der Waals surface area contributed by atoms with Gasteiger partial charge in [0.25, 0.3) is 7.82 Å². The monoisotopic (exact) mass is 864 g/mol. The molecule has 0 saturated carbocycles. The molecule has 2 rings (SSSR count). The Morgan fingerprint density at radius 2 is 1.25 bits per heavy atom. The molecule has 344 valence electrons. The summed E-state index contributed by atoms with van der Waals surface area (Å²) in [5.74, 6) is 1.33. The van der Waals surface area contributed by atoms with Crippen LogP contribution in [0.5, 0.6) is 0 Å². The molecule has 1 aliphatic rings. The Labute approximate surface area is 363 Å². The number of carbonyl (C=O) groups is 2. The van der Waals surface area contributed by atoms with E-state index < -0.39 is 32.5 Å². The summed E-state index contributed by atoms with van der Waals surface area (Å²) in [6.45, 7) is 8.36. The van der Waals surface area contributed by atoms with Crippen molar-refractivity contribution in [3.05, 3.63) is 59.1 Å². The highest BCUT2D eigenvalue weighted by Gasteiger charge is 2.36. The van der Waals surface area contributed by atoms with Gasteiger partial charge in [0, 0.05) is 25.7 Å². The van der Waals surface area contributed by atoms with Crippen LogP contribution in [-0.4, -0.2) is 82.2 Å². The number of esters is 2. The van der Waals surface area contributed by atoms with Crippen LogP contribution in [0.15, 0.2) is 40.9 Å². The standard InChI is InChI=1S/C48H82NO10P/c1-8-10-12-13-14-15-16-20-26-32-45-46(59-45)33-27-22-23-29-35-48(51)57-42(39-56-60(52,53)55-37-36-49(5,6)7)38-54-47(50)34-28-21-18-17-19-25-31-44-41(4)40(3)43(58-44)30-24-11-9-2/h14-15,20,22,26-27,42,45-46H,8-13,16-19,21,23-25,28-39H2,1-7H3/b15-14-,26-20-,27-22-/t42-,45?,46?/m1/s1. The molecule has 1 aromatic rings. The van der Waals surface area contributed by atoms with Crippen molar-refractivity contribution < 1.29 is 51.2 Å². The maximum atomic E-state index is 12.7. The van der Waals surface area contributed by atoms with E-state index in [1.54, 1.807) is 0 Å². The number of phosphoric acid groups is 1. The van der Waals surface area contributed by atoms with Crippen LogP contribution >= 0.6 is 7.82 Å². The molecule has 1 aromatic heterocycles. The summed E-state index contributed by atoms with van der Waals surface area (Å²) in [7, 11) is 1.09. The van der Waals surface area contributed by atoms with Crippen LogP contribution in [0, 0.1) is 13.8 Å². The molecule has 11 nitrogen and oxygen atoms in total. The fourth-order valence-electron chi connectivity index (χ4n) is 6.69. The van der Waals surface area contributed by atoms with Crippen LogP contribution in [0.2, 0.25) is 0 Å². The van der Waals surface area contributed by atoms with Gasteiger partial charge in [-0.1, -0.05) is 102 Å². The lowest BCUT2D eigenvalue weighted by molar-refractivity contribution is -0.870. The van der Waals surface area contributed by atoms with Crippen molar-refractivity contribution in [3.8, 4) is 0 Å². The Hall–Kier alpha value is -2.53. The molecule has 0 radical (unpaired) electrons. The topological polar surface area (TPSA) is 137 Å². The van der Waals surface area contributed by atoms with Crippen molar-refractivity contribution in [1.82, 2.24) is 0 Å². The summed E-state index contributed by atoms with van der Waals surface area (Å²) >= 11 is 0. The Bertz CT molecular complexity index is 1460. The summed E-state index contributed by atoms with van der Waals surface area (Å²) in [4.78, 5) is 37.8. The first-order valence-electron chi connectivity index (χ1n) is 23.2. The Kier molecular flexibility index (Phi) is 28.0. The Morgan fingerprint density at radius 3 is 1.92 bits per heavy atom. The van der Waals surface area contributed by atoms with Crippen LogP contribution in [0.25, 0.3) is 0 Å². The average molecular weight is 864 g/mol. The zero-order valence-corrected chi connectivity index (χ0v) is 39.5. The zero-order valence-electron chi connectivity index (χ0n) is 38.6. The molecular formula is C48H82NO10P. The lowest BCUT2D eigenvalue weighted by Crippen LogP contribution is -2.37. The first-order valence-corrected chi connectivity index (χ1v) is 24.6. The van der Waals surface area contributed by atoms with Gasteiger partial charge >= 0.3 is 11.9 Å². The van der Waals surface area contributed by atoms with Gasteiger partial charge in [0.2, 0.25) is 0 Å². The Morgan fingerprint density at radius 1 is 0.700 bits per heavy atom. The predicted molar refractivity (Wildman–Crippen MR) is 239 cm³/mol. The van der Waals surface area contributed by atoms with E-state index in [9.17, 15) is 19.0 Å². The van der Waals surface area contributed by atoms with E-state index in [1.165, 1.54) is 49.7 Å². The smallest absolute Gasteiger partial charge is 0.306 e. The maximum Gasteiger partial charge on any atom is 0.306 e. The van der Waals surface area contributed by atoms with Gasteiger partial charge in [-0.25, -0.2) is 0 Å².